The van der Waals surface area contributed by atoms with Crippen LogP contribution < -0.4 is 10.6 Å². The van der Waals surface area contributed by atoms with E-state index < -0.39 is 0 Å². The summed E-state index contributed by atoms with van der Waals surface area (Å²) in [6, 6.07) is 0.286. The van der Waals surface area contributed by atoms with E-state index in [9.17, 15) is 4.79 Å². The van der Waals surface area contributed by atoms with E-state index >= 15 is 0 Å². The van der Waals surface area contributed by atoms with Crippen LogP contribution in [-0.4, -0.2) is 43.3 Å². The van der Waals surface area contributed by atoms with Crippen molar-refractivity contribution in [3.63, 3.8) is 0 Å². The summed E-state index contributed by atoms with van der Waals surface area (Å²) in [5.41, 5.74) is 0. The molecule has 0 aromatic rings. The van der Waals surface area contributed by atoms with Crippen LogP contribution in [-0.2, 0) is 4.74 Å². The number of ether oxygens (including phenoxy) is 1. The molecule has 1 rings (SSSR count). The smallest absolute Gasteiger partial charge is 0.315 e. The third kappa shape index (κ3) is 6.50. The zero-order valence-electron chi connectivity index (χ0n) is 11.7. The van der Waals surface area contributed by atoms with E-state index in [1.165, 1.54) is 6.42 Å². The van der Waals surface area contributed by atoms with E-state index in [-0.39, 0.29) is 6.03 Å². The number of hydrogen-bond donors (Lipinski definition) is 2. The number of nitrogens with one attached hydrogen (secondary N) is 2. The van der Waals surface area contributed by atoms with Crippen molar-refractivity contribution in [2.24, 2.45) is 5.92 Å². The second-order valence-electron chi connectivity index (χ2n) is 5.24. The highest BCUT2D eigenvalue weighted by atomic mass is 32.2. The summed E-state index contributed by atoms with van der Waals surface area (Å²) in [6.45, 7) is 6.15. The van der Waals surface area contributed by atoms with Crippen LogP contribution in [0.2, 0.25) is 0 Å². The van der Waals surface area contributed by atoms with E-state index in [1.807, 2.05) is 11.8 Å². The van der Waals surface area contributed by atoms with Gasteiger partial charge < -0.3 is 15.4 Å². The molecule has 2 N–H and O–H groups in total. The molecule has 0 unspecified atom stereocenters. The fourth-order valence-corrected chi connectivity index (χ4v) is 2.87. The highest BCUT2D eigenvalue weighted by Gasteiger charge is 2.24. The predicted octanol–water partition coefficient (Wildman–Crippen LogP) is 2.24. The Morgan fingerprint density at radius 1 is 1.44 bits per heavy atom. The minimum absolute atomic E-state index is 0.0603. The van der Waals surface area contributed by atoms with Crippen LogP contribution >= 0.6 is 11.8 Å². The van der Waals surface area contributed by atoms with Crippen LogP contribution in [0, 0.1) is 5.92 Å². The lowest BCUT2D eigenvalue weighted by Gasteiger charge is -2.14. The van der Waals surface area contributed by atoms with Gasteiger partial charge in [-0.3, -0.25) is 0 Å². The molecule has 1 aliphatic carbocycles. The standard InChI is InChI=1S/C13H26N2O2S/c1-10(2)9-17-7-6-14-13(16)15-11-4-5-12(8-11)18-3/h10-12H,4-9H2,1-3H3,(H2,14,15,16)/t11-,12-/m1/s1. The van der Waals surface area contributed by atoms with Gasteiger partial charge in [-0.25, -0.2) is 4.79 Å². The van der Waals surface area contributed by atoms with Gasteiger partial charge in [0.2, 0.25) is 0 Å². The van der Waals surface area contributed by atoms with Crippen molar-refractivity contribution in [1.82, 2.24) is 10.6 Å². The monoisotopic (exact) mass is 274 g/mol. The SMILES string of the molecule is CS[C@@H]1CC[C@@H](NC(=O)NCCOCC(C)C)C1. The molecule has 5 heteroatoms. The molecule has 18 heavy (non-hydrogen) atoms. The Morgan fingerprint density at radius 3 is 2.83 bits per heavy atom. The van der Waals surface area contributed by atoms with Crippen molar-refractivity contribution in [3.8, 4) is 0 Å². The predicted molar refractivity (Wildman–Crippen MR) is 77.1 cm³/mol. The quantitative estimate of drug-likeness (QED) is 0.700. The van der Waals surface area contributed by atoms with Gasteiger partial charge in [-0.1, -0.05) is 13.8 Å². The van der Waals surface area contributed by atoms with Gasteiger partial charge in [-0.2, -0.15) is 11.8 Å². The van der Waals surface area contributed by atoms with Crippen molar-refractivity contribution in [2.75, 3.05) is 26.0 Å². The van der Waals surface area contributed by atoms with Gasteiger partial charge in [0.05, 0.1) is 6.61 Å². The topological polar surface area (TPSA) is 50.4 Å². The maximum absolute atomic E-state index is 11.6. The molecule has 2 atom stereocenters. The minimum atomic E-state index is -0.0603. The van der Waals surface area contributed by atoms with E-state index in [1.54, 1.807) is 0 Å². The van der Waals surface area contributed by atoms with E-state index in [0.29, 0.717) is 30.4 Å². The number of hydrogen-bond acceptors (Lipinski definition) is 3. The van der Waals surface area contributed by atoms with Crippen molar-refractivity contribution in [3.05, 3.63) is 0 Å². The Labute approximate surface area is 115 Å². The molecule has 1 aliphatic rings. The van der Waals surface area contributed by atoms with Crippen molar-refractivity contribution in [1.29, 1.82) is 0 Å². The van der Waals surface area contributed by atoms with Gasteiger partial charge in [0.25, 0.3) is 0 Å². The fraction of sp³-hybridized carbons (Fsp3) is 0.923. The summed E-state index contributed by atoms with van der Waals surface area (Å²) < 4.78 is 5.40. The summed E-state index contributed by atoms with van der Waals surface area (Å²) in [4.78, 5) is 11.6. The first-order valence-corrected chi connectivity index (χ1v) is 8.05. The fourth-order valence-electron chi connectivity index (χ4n) is 2.08. The molecule has 0 spiro atoms. The molecule has 4 nitrogen and oxygen atoms in total. The Hall–Kier alpha value is -0.420. The number of thioether (sulfide) groups is 1. The molecule has 0 saturated heterocycles. The number of carbonyl (C=O) groups is 1. The summed E-state index contributed by atoms with van der Waals surface area (Å²) in [7, 11) is 0. The largest absolute Gasteiger partial charge is 0.379 e. The van der Waals surface area contributed by atoms with Gasteiger partial charge in [-0.15, -0.1) is 0 Å². The third-order valence-electron chi connectivity index (χ3n) is 3.04. The normalized spacial score (nSPS) is 23.3. The van der Waals surface area contributed by atoms with Crippen LogP contribution in [0.5, 0.6) is 0 Å². The molecule has 106 valence electrons. The summed E-state index contributed by atoms with van der Waals surface area (Å²) >= 11 is 1.90. The lowest BCUT2D eigenvalue weighted by Crippen LogP contribution is -2.42. The van der Waals surface area contributed by atoms with Gasteiger partial charge in [0.15, 0.2) is 0 Å². The molecule has 0 bridgehead atoms. The zero-order valence-corrected chi connectivity index (χ0v) is 12.5. The number of urea groups is 1. The molecular weight excluding hydrogens is 248 g/mol. The number of rotatable bonds is 7. The molecular formula is C13H26N2O2S. The molecule has 1 saturated carbocycles. The Morgan fingerprint density at radius 2 is 2.22 bits per heavy atom. The van der Waals surface area contributed by atoms with E-state index in [0.717, 1.165) is 19.4 Å². The first-order valence-electron chi connectivity index (χ1n) is 6.76. The van der Waals surface area contributed by atoms with Gasteiger partial charge in [0.1, 0.15) is 0 Å². The number of carbonyl (C=O) groups excluding carboxylic acids is 1. The second kappa shape index (κ2) is 8.64. The van der Waals surface area contributed by atoms with Crippen LogP contribution in [0.15, 0.2) is 0 Å². The van der Waals surface area contributed by atoms with Crippen LogP contribution in [0.25, 0.3) is 0 Å². The first kappa shape index (κ1) is 15.6. The van der Waals surface area contributed by atoms with Crippen molar-refractivity contribution < 1.29 is 9.53 Å². The Kier molecular flexibility index (Phi) is 7.51. The average molecular weight is 274 g/mol. The van der Waals surface area contributed by atoms with Crippen LogP contribution in [0.3, 0.4) is 0 Å². The summed E-state index contributed by atoms with van der Waals surface area (Å²) in [5.74, 6) is 0.542. The third-order valence-corrected chi connectivity index (χ3v) is 4.13. The molecule has 0 aliphatic heterocycles. The average Bonchev–Trinajstić information content (AvgIpc) is 2.76. The Bertz CT molecular complexity index is 249. The highest BCUT2D eigenvalue weighted by Crippen LogP contribution is 2.27. The van der Waals surface area contributed by atoms with Gasteiger partial charge in [0, 0.05) is 24.4 Å². The van der Waals surface area contributed by atoms with Crippen LogP contribution in [0.1, 0.15) is 33.1 Å². The molecule has 0 aromatic heterocycles. The molecule has 2 amide bonds. The summed E-state index contributed by atoms with van der Waals surface area (Å²) in [6.07, 6.45) is 5.55. The summed E-state index contributed by atoms with van der Waals surface area (Å²) in [5, 5.41) is 6.57. The van der Waals surface area contributed by atoms with Crippen LogP contribution in [0.4, 0.5) is 4.79 Å². The van der Waals surface area contributed by atoms with Gasteiger partial charge in [-0.05, 0) is 31.4 Å². The van der Waals surface area contributed by atoms with Crippen molar-refractivity contribution in [2.45, 2.75) is 44.4 Å². The lowest BCUT2D eigenvalue weighted by atomic mass is 10.2. The maximum atomic E-state index is 11.6. The Balaban J connectivity index is 2.00. The zero-order chi connectivity index (χ0) is 13.4. The second-order valence-corrected chi connectivity index (χ2v) is 6.37. The molecule has 0 radical (unpaired) electrons. The van der Waals surface area contributed by atoms with Crippen molar-refractivity contribution >= 4 is 17.8 Å². The van der Waals surface area contributed by atoms with Gasteiger partial charge >= 0.3 is 6.03 Å². The van der Waals surface area contributed by atoms with E-state index in [2.05, 4.69) is 30.7 Å². The number of amides is 2. The first-order chi connectivity index (χ1) is 8.61. The lowest BCUT2D eigenvalue weighted by molar-refractivity contribution is 0.112. The van der Waals surface area contributed by atoms with E-state index in [4.69, 9.17) is 4.74 Å². The maximum Gasteiger partial charge on any atom is 0.315 e. The highest BCUT2D eigenvalue weighted by molar-refractivity contribution is 7.99. The molecule has 1 fully saturated rings. The minimum Gasteiger partial charge on any atom is -0.379 e. The molecule has 0 aromatic carbocycles. The molecule has 0 heterocycles.